The summed E-state index contributed by atoms with van der Waals surface area (Å²) in [6.07, 6.45) is -1.87. The number of rotatable bonds is 5. The highest BCUT2D eigenvalue weighted by Crippen LogP contribution is 2.31. The zero-order valence-corrected chi connectivity index (χ0v) is 17.2. The molecule has 3 rings (SSSR count). The minimum atomic E-state index is -4.39. The largest absolute Gasteiger partial charge is 0.416 e. The molecule has 1 aromatic heterocycles. The molecular weight excluding hydrogens is 427 g/mol. The molecule has 2 aromatic rings. The highest BCUT2D eigenvalue weighted by molar-refractivity contribution is 7.88. The maximum atomic E-state index is 12.7. The first-order valence-electron chi connectivity index (χ1n) is 8.88. The van der Waals surface area contributed by atoms with Gasteiger partial charge in [0.2, 0.25) is 15.9 Å². The van der Waals surface area contributed by atoms with Crippen LogP contribution >= 0.6 is 11.3 Å². The van der Waals surface area contributed by atoms with Crippen molar-refractivity contribution in [3.8, 4) is 10.6 Å². The number of carbonyl (C=O) groups excluding carboxylic acids is 1. The molecule has 2 heterocycles. The molecule has 1 aliphatic rings. The molecule has 0 radical (unpaired) electrons. The smallest absolute Gasteiger partial charge is 0.341 e. The third-order valence-corrected chi connectivity index (χ3v) is 6.20. The fourth-order valence-electron chi connectivity index (χ4n) is 3.19. The van der Waals surface area contributed by atoms with Crippen molar-refractivity contribution in [1.82, 2.24) is 14.6 Å². The van der Waals surface area contributed by atoms with Crippen molar-refractivity contribution in [2.45, 2.75) is 31.5 Å². The van der Waals surface area contributed by atoms with Gasteiger partial charge in [-0.2, -0.15) is 13.2 Å². The van der Waals surface area contributed by atoms with Crippen LogP contribution in [0.1, 0.15) is 24.1 Å². The Morgan fingerprint density at radius 1 is 1.31 bits per heavy atom. The molecule has 0 bridgehead atoms. The number of likely N-dealkylation sites (tertiary alicyclic amines) is 1. The van der Waals surface area contributed by atoms with Crippen molar-refractivity contribution >= 4 is 27.3 Å². The SMILES string of the molecule is CS(=O)(=O)N[C@H]1CCCN(C(=O)Cc2csc(-c3ccc(C(F)(F)F)cc3)n2)C1. The van der Waals surface area contributed by atoms with E-state index < -0.39 is 21.8 Å². The molecule has 158 valence electrons. The van der Waals surface area contributed by atoms with Gasteiger partial charge in [0, 0.05) is 30.1 Å². The standard InChI is InChI=1S/C18H20F3N3O3S2/c1-29(26,27)23-14-3-2-8-24(10-14)16(25)9-15-11-28-17(22-15)12-4-6-13(7-5-12)18(19,20)21/h4-7,11,14,23H,2-3,8-10H2,1H3/t14-/m0/s1. The van der Waals surface area contributed by atoms with Gasteiger partial charge < -0.3 is 4.90 Å². The summed E-state index contributed by atoms with van der Waals surface area (Å²) in [4.78, 5) is 18.5. The second-order valence-corrected chi connectivity index (χ2v) is 9.60. The molecule has 6 nitrogen and oxygen atoms in total. The number of halogens is 3. The van der Waals surface area contributed by atoms with Gasteiger partial charge in [-0.15, -0.1) is 11.3 Å². The van der Waals surface area contributed by atoms with Crippen LogP contribution < -0.4 is 4.72 Å². The van der Waals surface area contributed by atoms with E-state index >= 15 is 0 Å². The van der Waals surface area contributed by atoms with Crippen molar-refractivity contribution in [3.05, 3.63) is 40.9 Å². The number of carbonyl (C=O) groups is 1. The van der Waals surface area contributed by atoms with E-state index in [0.717, 1.165) is 18.4 Å². The van der Waals surface area contributed by atoms with Gasteiger partial charge in [-0.3, -0.25) is 4.79 Å². The maximum Gasteiger partial charge on any atom is 0.416 e. The van der Waals surface area contributed by atoms with Crippen LogP contribution in [0.4, 0.5) is 13.2 Å². The Kier molecular flexibility index (Phi) is 6.30. The number of nitrogens with one attached hydrogen (secondary N) is 1. The second-order valence-electron chi connectivity index (χ2n) is 6.96. The number of hydrogen-bond donors (Lipinski definition) is 1. The van der Waals surface area contributed by atoms with Crippen LogP contribution in [0.25, 0.3) is 10.6 Å². The lowest BCUT2D eigenvalue weighted by atomic mass is 10.1. The van der Waals surface area contributed by atoms with Crippen LogP contribution in [0.2, 0.25) is 0 Å². The van der Waals surface area contributed by atoms with Crippen LogP contribution in [0, 0.1) is 0 Å². The van der Waals surface area contributed by atoms with Gasteiger partial charge >= 0.3 is 6.18 Å². The first-order valence-corrected chi connectivity index (χ1v) is 11.7. The van der Waals surface area contributed by atoms with Crippen LogP contribution in [0.15, 0.2) is 29.6 Å². The highest BCUT2D eigenvalue weighted by Gasteiger charge is 2.30. The summed E-state index contributed by atoms with van der Waals surface area (Å²) in [7, 11) is -3.34. The van der Waals surface area contributed by atoms with E-state index in [1.54, 1.807) is 10.3 Å². The zero-order chi connectivity index (χ0) is 21.2. The third-order valence-electron chi connectivity index (χ3n) is 4.50. The van der Waals surface area contributed by atoms with Gasteiger partial charge in [-0.25, -0.2) is 18.1 Å². The maximum absolute atomic E-state index is 12.7. The summed E-state index contributed by atoms with van der Waals surface area (Å²) in [5, 5.41) is 2.25. The number of piperidine rings is 1. The monoisotopic (exact) mass is 447 g/mol. The lowest BCUT2D eigenvalue weighted by molar-refractivity contribution is -0.137. The molecule has 29 heavy (non-hydrogen) atoms. The average molecular weight is 448 g/mol. The summed E-state index contributed by atoms with van der Waals surface area (Å²) >= 11 is 1.26. The minimum Gasteiger partial charge on any atom is -0.341 e. The number of thiazole rings is 1. The summed E-state index contributed by atoms with van der Waals surface area (Å²) in [5.74, 6) is -0.158. The van der Waals surface area contributed by atoms with Gasteiger partial charge in [-0.05, 0) is 25.0 Å². The Bertz CT molecular complexity index is 972. The van der Waals surface area contributed by atoms with Gasteiger partial charge in [-0.1, -0.05) is 12.1 Å². The van der Waals surface area contributed by atoms with E-state index in [1.165, 1.54) is 23.5 Å². The molecule has 1 saturated heterocycles. The van der Waals surface area contributed by atoms with E-state index in [-0.39, 0.29) is 18.4 Å². The zero-order valence-electron chi connectivity index (χ0n) is 15.6. The van der Waals surface area contributed by atoms with Gasteiger partial charge in [0.05, 0.1) is 23.9 Å². The molecule has 1 aliphatic heterocycles. The van der Waals surface area contributed by atoms with E-state index in [0.29, 0.717) is 42.2 Å². The molecule has 0 aliphatic carbocycles. The van der Waals surface area contributed by atoms with Crippen LogP contribution in [0.3, 0.4) is 0 Å². The van der Waals surface area contributed by atoms with Crippen molar-refractivity contribution in [2.75, 3.05) is 19.3 Å². The van der Waals surface area contributed by atoms with Gasteiger partial charge in [0.1, 0.15) is 5.01 Å². The second kappa shape index (κ2) is 8.41. The number of benzene rings is 1. The molecule has 1 aromatic carbocycles. The summed E-state index contributed by atoms with van der Waals surface area (Å²) in [6.45, 7) is 0.860. The Hall–Kier alpha value is -1.98. The highest BCUT2D eigenvalue weighted by atomic mass is 32.2. The topological polar surface area (TPSA) is 79.4 Å². The fourth-order valence-corrected chi connectivity index (χ4v) is 4.82. The lowest BCUT2D eigenvalue weighted by Gasteiger charge is -2.32. The molecule has 1 amide bonds. The number of hydrogen-bond acceptors (Lipinski definition) is 5. The lowest BCUT2D eigenvalue weighted by Crippen LogP contribution is -2.49. The Labute approximate surface area is 170 Å². The summed E-state index contributed by atoms with van der Waals surface area (Å²) in [6, 6.07) is 4.42. The van der Waals surface area contributed by atoms with Gasteiger partial charge in [0.25, 0.3) is 0 Å². The molecule has 1 atom stereocenters. The molecule has 1 fully saturated rings. The molecule has 11 heteroatoms. The molecule has 0 spiro atoms. The van der Waals surface area contributed by atoms with Crippen molar-refractivity contribution in [2.24, 2.45) is 0 Å². The number of sulfonamides is 1. The van der Waals surface area contributed by atoms with Crippen molar-refractivity contribution in [1.29, 1.82) is 0 Å². The fraction of sp³-hybridized carbons (Fsp3) is 0.444. The minimum absolute atomic E-state index is 0.0583. The van der Waals surface area contributed by atoms with Crippen molar-refractivity contribution < 1.29 is 26.4 Å². The predicted molar refractivity (Wildman–Crippen MR) is 104 cm³/mol. The first kappa shape index (κ1) is 21.7. The van der Waals surface area contributed by atoms with Crippen LogP contribution in [-0.4, -0.2) is 49.6 Å². The number of alkyl halides is 3. The van der Waals surface area contributed by atoms with E-state index in [9.17, 15) is 26.4 Å². The van der Waals surface area contributed by atoms with Crippen LogP contribution in [0.5, 0.6) is 0 Å². The average Bonchev–Trinajstić information content (AvgIpc) is 3.08. The molecule has 0 unspecified atom stereocenters. The normalized spacial score (nSPS) is 18.1. The number of nitrogens with zero attached hydrogens (tertiary/aromatic N) is 2. The van der Waals surface area contributed by atoms with Crippen molar-refractivity contribution in [3.63, 3.8) is 0 Å². The van der Waals surface area contributed by atoms with E-state index in [4.69, 9.17) is 0 Å². The number of amides is 1. The Morgan fingerprint density at radius 2 is 2.00 bits per heavy atom. The molecule has 0 saturated carbocycles. The molecular formula is C18H20F3N3O3S2. The Balaban J connectivity index is 1.63. The van der Waals surface area contributed by atoms with E-state index in [1.807, 2.05) is 0 Å². The summed E-state index contributed by atoms with van der Waals surface area (Å²) < 4.78 is 63.3. The summed E-state index contributed by atoms with van der Waals surface area (Å²) in [5.41, 5.74) is 0.362. The third kappa shape index (κ3) is 6.00. The van der Waals surface area contributed by atoms with E-state index in [2.05, 4.69) is 9.71 Å². The number of aromatic nitrogens is 1. The van der Waals surface area contributed by atoms with Gasteiger partial charge in [0.15, 0.2) is 0 Å². The first-order chi connectivity index (χ1) is 13.5. The predicted octanol–water partition coefficient (Wildman–Crippen LogP) is 2.91. The quantitative estimate of drug-likeness (QED) is 0.765. The Morgan fingerprint density at radius 3 is 2.62 bits per heavy atom. The molecule has 1 N–H and O–H groups in total. The van der Waals surface area contributed by atoms with Crippen LogP contribution in [-0.2, 0) is 27.4 Å².